The molecule has 0 unspecified atom stereocenters. The summed E-state index contributed by atoms with van der Waals surface area (Å²) in [5, 5.41) is 7.50. The Labute approximate surface area is 129 Å². The van der Waals surface area contributed by atoms with Gasteiger partial charge in [-0.05, 0) is 31.0 Å². The highest BCUT2D eigenvalue weighted by atomic mass is 79.9. The highest BCUT2D eigenvalue weighted by Crippen LogP contribution is 2.33. The molecule has 1 heterocycles. The maximum absolute atomic E-state index is 4.69. The van der Waals surface area contributed by atoms with Crippen molar-refractivity contribution in [3.63, 3.8) is 0 Å². The van der Waals surface area contributed by atoms with Crippen LogP contribution in [0.25, 0.3) is 11.4 Å². The molecule has 1 aliphatic carbocycles. The Balaban J connectivity index is 1.89. The van der Waals surface area contributed by atoms with E-state index in [1.807, 2.05) is 18.2 Å². The molecule has 1 saturated carbocycles. The summed E-state index contributed by atoms with van der Waals surface area (Å²) < 4.78 is 2.06. The fourth-order valence-electron chi connectivity index (χ4n) is 2.62. The average Bonchev–Trinajstić information content (AvgIpc) is 2.92. The Morgan fingerprint density at radius 2 is 1.89 bits per heavy atom. The minimum atomic E-state index is 0.556. The molecule has 3 rings (SSSR count). The Kier molecular flexibility index (Phi) is 4.03. The van der Waals surface area contributed by atoms with E-state index in [1.165, 1.54) is 32.1 Å². The van der Waals surface area contributed by atoms with Gasteiger partial charge in [0.05, 0.1) is 0 Å². The van der Waals surface area contributed by atoms with Crippen molar-refractivity contribution in [1.82, 2.24) is 15.2 Å². The van der Waals surface area contributed by atoms with Gasteiger partial charge in [-0.1, -0.05) is 51.1 Å². The normalized spacial score (nSPS) is 16.7. The van der Waals surface area contributed by atoms with Gasteiger partial charge in [0, 0.05) is 20.4 Å². The summed E-state index contributed by atoms with van der Waals surface area (Å²) in [6.07, 6.45) is 6.43. The third-order valence-corrected chi connectivity index (χ3v) is 4.85. The summed E-state index contributed by atoms with van der Waals surface area (Å²) in [6, 6.07) is 6.05. The molecule has 0 bridgehead atoms. The van der Waals surface area contributed by atoms with Crippen molar-refractivity contribution < 1.29 is 0 Å². The van der Waals surface area contributed by atoms with Gasteiger partial charge < -0.3 is 0 Å². The van der Waals surface area contributed by atoms with Crippen LogP contribution in [0, 0.1) is 0 Å². The topological polar surface area (TPSA) is 41.6 Å². The van der Waals surface area contributed by atoms with Gasteiger partial charge in [-0.2, -0.15) is 5.10 Å². The van der Waals surface area contributed by atoms with Gasteiger partial charge in [0.1, 0.15) is 5.82 Å². The Bertz CT molecular complexity index is 574. The highest BCUT2D eigenvalue weighted by molar-refractivity contribution is 9.11. The molecule has 0 atom stereocenters. The summed E-state index contributed by atoms with van der Waals surface area (Å²) >= 11 is 7.05. The average molecular weight is 385 g/mol. The summed E-state index contributed by atoms with van der Waals surface area (Å²) in [6.45, 7) is 0. The van der Waals surface area contributed by atoms with E-state index >= 15 is 0 Å². The van der Waals surface area contributed by atoms with Crippen molar-refractivity contribution in [3.05, 3.63) is 33.0 Å². The minimum Gasteiger partial charge on any atom is -0.262 e. The van der Waals surface area contributed by atoms with Crippen LogP contribution in [0.4, 0.5) is 0 Å². The summed E-state index contributed by atoms with van der Waals surface area (Å²) in [5.74, 6) is 2.37. The predicted molar refractivity (Wildman–Crippen MR) is 83.0 cm³/mol. The number of benzene rings is 1. The largest absolute Gasteiger partial charge is 0.262 e. The zero-order valence-electron chi connectivity index (χ0n) is 10.5. The monoisotopic (exact) mass is 383 g/mol. The van der Waals surface area contributed by atoms with Crippen LogP contribution in [0.3, 0.4) is 0 Å². The molecule has 1 aromatic carbocycles. The zero-order valence-corrected chi connectivity index (χ0v) is 13.7. The van der Waals surface area contributed by atoms with Crippen molar-refractivity contribution in [2.45, 2.75) is 38.0 Å². The van der Waals surface area contributed by atoms with E-state index in [9.17, 15) is 0 Å². The number of aromatic nitrogens is 3. The van der Waals surface area contributed by atoms with E-state index in [2.05, 4.69) is 47.0 Å². The summed E-state index contributed by atoms with van der Waals surface area (Å²) in [5.41, 5.74) is 1.02. The van der Waals surface area contributed by atoms with Crippen LogP contribution in [0.1, 0.15) is 43.8 Å². The fourth-order valence-corrected chi connectivity index (χ4v) is 3.41. The second-order valence-corrected chi connectivity index (χ2v) is 6.77. The van der Waals surface area contributed by atoms with Crippen molar-refractivity contribution in [2.24, 2.45) is 0 Å². The first-order valence-electron chi connectivity index (χ1n) is 6.62. The lowest BCUT2D eigenvalue weighted by Crippen LogP contribution is -2.06. The lowest BCUT2D eigenvalue weighted by molar-refractivity contribution is 0.429. The first-order valence-corrected chi connectivity index (χ1v) is 8.20. The smallest absolute Gasteiger partial charge is 0.182 e. The van der Waals surface area contributed by atoms with Crippen LogP contribution < -0.4 is 0 Å². The van der Waals surface area contributed by atoms with E-state index in [0.29, 0.717) is 5.92 Å². The molecule has 5 heteroatoms. The molecule has 19 heavy (non-hydrogen) atoms. The number of nitrogens with one attached hydrogen (secondary N) is 1. The number of rotatable bonds is 2. The first kappa shape index (κ1) is 13.3. The summed E-state index contributed by atoms with van der Waals surface area (Å²) in [7, 11) is 0. The van der Waals surface area contributed by atoms with Gasteiger partial charge in [0.2, 0.25) is 0 Å². The molecule has 2 aromatic rings. The first-order chi connectivity index (χ1) is 9.24. The number of aromatic amines is 1. The molecule has 3 nitrogen and oxygen atoms in total. The molecule has 0 amide bonds. The van der Waals surface area contributed by atoms with Crippen molar-refractivity contribution in [1.29, 1.82) is 0 Å². The maximum atomic E-state index is 4.69. The second-order valence-electron chi connectivity index (χ2n) is 5.00. The Morgan fingerprint density at radius 1 is 1.11 bits per heavy atom. The van der Waals surface area contributed by atoms with Crippen LogP contribution in [-0.4, -0.2) is 15.2 Å². The van der Waals surface area contributed by atoms with Crippen LogP contribution in [0.15, 0.2) is 27.1 Å². The number of H-pyrrole nitrogens is 1. The standard InChI is InChI=1S/C14H15Br2N3/c15-10-6-7-12(16)11(8-10)14-17-13(18-19-14)9-4-2-1-3-5-9/h6-9H,1-5H2,(H,17,18,19). The van der Waals surface area contributed by atoms with Gasteiger partial charge in [0.25, 0.3) is 0 Å². The number of hydrogen-bond acceptors (Lipinski definition) is 2. The summed E-state index contributed by atoms with van der Waals surface area (Å²) in [4.78, 5) is 4.69. The predicted octanol–water partition coefficient (Wildman–Crippen LogP) is 5.04. The lowest BCUT2D eigenvalue weighted by atomic mass is 9.89. The molecular formula is C14H15Br2N3. The highest BCUT2D eigenvalue weighted by Gasteiger charge is 2.20. The van der Waals surface area contributed by atoms with Crippen molar-refractivity contribution >= 4 is 31.9 Å². The third kappa shape index (κ3) is 2.92. The molecule has 0 saturated heterocycles. The van der Waals surface area contributed by atoms with Crippen molar-refractivity contribution in [3.8, 4) is 11.4 Å². The van der Waals surface area contributed by atoms with Gasteiger partial charge in [-0.25, -0.2) is 4.98 Å². The van der Waals surface area contributed by atoms with Crippen LogP contribution in [-0.2, 0) is 0 Å². The minimum absolute atomic E-state index is 0.556. The number of nitrogens with zero attached hydrogens (tertiary/aromatic N) is 2. The molecule has 0 radical (unpaired) electrons. The number of halogens is 2. The van der Waals surface area contributed by atoms with Gasteiger partial charge >= 0.3 is 0 Å². The Morgan fingerprint density at radius 3 is 2.68 bits per heavy atom. The molecular weight excluding hydrogens is 370 g/mol. The van der Waals surface area contributed by atoms with Gasteiger partial charge in [0.15, 0.2) is 5.82 Å². The lowest BCUT2D eigenvalue weighted by Gasteiger charge is -2.18. The molecule has 0 spiro atoms. The number of hydrogen-bond donors (Lipinski definition) is 1. The van der Waals surface area contributed by atoms with E-state index in [0.717, 1.165) is 26.2 Å². The molecule has 0 aliphatic heterocycles. The quantitative estimate of drug-likeness (QED) is 0.787. The second kappa shape index (κ2) is 5.75. The Hall–Kier alpha value is -0.680. The fraction of sp³-hybridized carbons (Fsp3) is 0.429. The molecule has 1 aromatic heterocycles. The van der Waals surface area contributed by atoms with Crippen LogP contribution in [0.2, 0.25) is 0 Å². The van der Waals surface area contributed by atoms with Gasteiger partial charge in [-0.3, -0.25) is 5.10 Å². The van der Waals surface area contributed by atoms with E-state index in [4.69, 9.17) is 0 Å². The van der Waals surface area contributed by atoms with E-state index < -0.39 is 0 Å². The molecule has 1 aliphatic rings. The SMILES string of the molecule is Brc1ccc(Br)c(-c2n[nH]c(C3CCCCC3)n2)c1. The molecule has 100 valence electrons. The maximum Gasteiger partial charge on any atom is 0.182 e. The van der Waals surface area contributed by atoms with E-state index in [1.54, 1.807) is 0 Å². The van der Waals surface area contributed by atoms with Crippen LogP contribution in [0.5, 0.6) is 0 Å². The third-order valence-electron chi connectivity index (χ3n) is 3.66. The van der Waals surface area contributed by atoms with Crippen molar-refractivity contribution in [2.75, 3.05) is 0 Å². The zero-order chi connectivity index (χ0) is 13.2. The van der Waals surface area contributed by atoms with E-state index in [-0.39, 0.29) is 0 Å². The molecule has 1 fully saturated rings. The molecule has 1 N–H and O–H groups in total. The van der Waals surface area contributed by atoms with Gasteiger partial charge in [-0.15, -0.1) is 0 Å². The van der Waals surface area contributed by atoms with Crippen LogP contribution >= 0.6 is 31.9 Å².